The minimum atomic E-state index is -0.780. The second-order valence-corrected chi connectivity index (χ2v) is 18.8. The molecular formula is C59H106O6. The summed E-state index contributed by atoms with van der Waals surface area (Å²) in [6.45, 7) is 6.54. The van der Waals surface area contributed by atoms with Gasteiger partial charge in [-0.2, -0.15) is 0 Å². The molecule has 378 valence electrons. The lowest BCUT2D eigenvalue weighted by Crippen LogP contribution is -2.30. The topological polar surface area (TPSA) is 78.9 Å². The summed E-state index contributed by atoms with van der Waals surface area (Å²) in [5.74, 6) is -0.886. The second kappa shape index (κ2) is 54.0. The van der Waals surface area contributed by atoms with Crippen LogP contribution in [0.1, 0.15) is 290 Å². The van der Waals surface area contributed by atoms with E-state index in [4.69, 9.17) is 14.2 Å². The molecule has 0 fully saturated rings. The number of ether oxygens (including phenoxy) is 3. The van der Waals surface area contributed by atoms with Crippen molar-refractivity contribution in [3.8, 4) is 0 Å². The van der Waals surface area contributed by atoms with Crippen LogP contribution in [0.15, 0.2) is 48.6 Å². The average Bonchev–Trinajstić information content (AvgIpc) is 3.30. The molecule has 0 heterocycles. The molecule has 0 aliphatic heterocycles. The van der Waals surface area contributed by atoms with Gasteiger partial charge in [0.15, 0.2) is 6.10 Å². The molecule has 0 aromatic carbocycles. The molecule has 0 aliphatic carbocycles. The second-order valence-electron chi connectivity index (χ2n) is 18.8. The highest BCUT2D eigenvalue weighted by Gasteiger charge is 2.19. The summed E-state index contributed by atoms with van der Waals surface area (Å²) < 4.78 is 16.8. The number of unbranched alkanes of at least 4 members (excludes halogenated alkanes) is 32. The fraction of sp³-hybridized carbons (Fsp3) is 0.814. The Morgan fingerprint density at radius 3 is 0.969 bits per heavy atom. The van der Waals surface area contributed by atoms with Crippen molar-refractivity contribution >= 4 is 17.9 Å². The molecule has 0 radical (unpaired) electrons. The summed E-state index contributed by atoms with van der Waals surface area (Å²) in [6.07, 6.45) is 65.3. The summed E-state index contributed by atoms with van der Waals surface area (Å²) in [5.41, 5.74) is 0. The molecule has 0 aliphatic rings. The molecule has 0 aromatic heterocycles. The third-order valence-corrected chi connectivity index (χ3v) is 12.3. The fourth-order valence-corrected chi connectivity index (χ4v) is 8.10. The first-order valence-corrected chi connectivity index (χ1v) is 28.1. The highest BCUT2D eigenvalue weighted by molar-refractivity contribution is 5.71. The highest BCUT2D eigenvalue weighted by Crippen LogP contribution is 2.16. The van der Waals surface area contributed by atoms with Gasteiger partial charge in [-0.1, -0.05) is 243 Å². The number of carbonyl (C=O) groups is 3. The normalized spacial score (nSPS) is 12.4. The Hall–Kier alpha value is -2.63. The first-order chi connectivity index (χ1) is 32.0. The molecule has 0 aromatic rings. The van der Waals surface area contributed by atoms with Gasteiger partial charge in [0.05, 0.1) is 0 Å². The Morgan fingerprint density at radius 2 is 0.600 bits per heavy atom. The number of hydrogen-bond acceptors (Lipinski definition) is 6. The predicted molar refractivity (Wildman–Crippen MR) is 279 cm³/mol. The van der Waals surface area contributed by atoms with Gasteiger partial charge >= 0.3 is 17.9 Å². The summed E-state index contributed by atoms with van der Waals surface area (Å²) in [4.78, 5) is 38.1. The molecule has 6 heteroatoms. The molecule has 0 rings (SSSR count). The van der Waals surface area contributed by atoms with Crippen LogP contribution < -0.4 is 0 Å². The standard InChI is InChI=1S/C59H106O6/c1-4-7-10-13-16-19-22-25-28-29-30-31-32-35-37-40-43-46-49-52-58(61)64-55-56(65-59(62)53-50-47-44-41-38-34-27-24-21-18-15-12-9-6-3)54-63-57(60)51-48-45-42-39-36-33-26-23-20-17-14-11-8-5-2/h7,10,16,19,25,28,34,38,56H,4-6,8-9,11-15,17-18,20-24,26-27,29-33,35-37,39-55H2,1-3H3/b10-7-,19-16-,28-25-,38-34-. The maximum Gasteiger partial charge on any atom is 0.306 e. The molecular weight excluding hydrogens is 805 g/mol. The van der Waals surface area contributed by atoms with Crippen LogP contribution in [0, 0.1) is 0 Å². The van der Waals surface area contributed by atoms with Crippen molar-refractivity contribution in [1.82, 2.24) is 0 Å². The third kappa shape index (κ3) is 52.2. The van der Waals surface area contributed by atoms with E-state index in [0.717, 1.165) is 89.9 Å². The quantitative estimate of drug-likeness (QED) is 0.0262. The SMILES string of the molecule is CC/C=C\C/C=C\C/C=C\CCCCCCCCCCCC(=O)OCC(COC(=O)CCCCCCCCCCCCCCCC)OC(=O)CCCCC/C=C\CCCCCCCCC. The summed E-state index contributed by atoms with van der Waals surface area (Å²) in [7, 11) is 0. The summed E-state index contributed by atoms with van der Waals surface area (Å²) in [5, 5.41) is 0. The molecule has 0 saturated carbocycles. The number of hydrogen-bond donors (Lipinski definition) is 0. The summed E-state index contributed by atoms with van der Waals surface area (Å²) in [6, 6.07) is 0. The molecule has 65 heavy (non-hydrogen) atoms. The van der Waals surface area contributed by atoms with Gasteiger partial charge in [-0.25, -0.2) is 0 Å². The maximum absolute atomic E-state index is 12.8. The van der Waals surface area contributed by atoms with Crippen LogP contribution in [-0.4, -0.2) is 37.2 Å². The lowest BCUT2D eigenvalue weighted by molar-refractivity contribution is -0.167. The lowest BCUT2D eigenvalue weighted by Gasteiger charge is -2.18. The molecule has 6 nitrogen and oxygen atoms in total. The number of esters is 3. The molecule has 0 spiro atoms. The van der Waals surface area contributed by atoms with Gasteiger partial charge in [0, 0.05) is 19.3 Å². The van der Waals surface area contributed by atoms with Crippen LogP contribution in [0.25, 0.3) is 0 Å². The van der Waals surface area contributed by atoms with E-state index in [1.54, 1.807) is 0 Å². The average molecular weight is 911 g/mol. The molecule has 1 atom stereocenters. The van der Waals surface area contributed by atoms with E-state index in [1.165, 1.54) is 161 Å². The first kappa shape index (κ1) is 62.4. The monoisotopic (exact) mass is 911 g/mol. The smallest absolute Gasteiger partial charge is 0.306 e. The van der Waals surface area contributed by atoms with E-state index in [0.29, 0.717) is 19.3 Å². The van der Waals surface area contributed by atoms with Gasteiger partial charge < -0.3 is 14.2 Å². The van der Waals surface area contributed by atoms with Crippen LogP contribution in [0.3, 0.4) is 0 Å². The zero-order chi connectivity index (χ0) is 47.2. The highest BCUT2D eigenvalue weighted by atomic mass is 16.6. The van der Waals surface area contributed by atoms with Crippen LogP contribution in [0.4, 0.5) is 0 Å². The summed E-state index contributed by atoms with van der Waals surface area (Å²) >= 11 is 0. The van der Waals surface area contributed by atoms with E-state index < -0.39 is 6.10 Å². The van der Waals surface area contributed by atoms with Crippen LogP contribution >= 0.6 is 0 Å². The van der Waals surface area contributed by atoms with Crippen LogP contribution in [-0.2, 0) is 28.6 Å². The molecule has 0 amide bonds. The Bertz CT molecular complexity index is 1140. The number of carbonyl (C=O) groups excluding carboxylic acids is 3. The predicted octanol–water partition coefficient (Wildman–Crippen LogP) is 18.7. The van der Waals surface area contributed by atoms with E-state index in [1.807, 2.05) is 0 Å². The Balaban J connectivity index is 4.35. The number of rotatable bonds is 51. The third-order valence-electron chi connectivity index (χ3n) is 12.3. The van der Waals surface area contributed by atoms with Gasteiger partial charge in [0.1, 0.15) is 13.2 Å². The van der Waals surface area contributed by atoms with Gasteiger partial charge in [-0.05, 0) is 77.0 Å². The van der Waals surface area contributed by atoms with E-state index in [-0.39, 0.29) is 31.1 Å². The van der Waals surface area contributed by atoms with Crippen molar-refractivity contribution in [1.29, 1.82) is 0 Å². The number of allylic oxidation sites excluding steroid dienone is 8. The lowest BCUT2D eigenvalue weighted by atomic mass is 10.0. The van der Waals surface area contributed by atoms with E-state index >= 15 is 0 Å². The maximum atomic E-state index is 12.8. The first-order valence-electron chi connectivity index (χ1n) is 28.1. The van der Waals surface area contributed by atoms with Crippen LogP contribution in [0.5, 0.6) is 0 Å². The van der Waals surface area contributed by atoms with Gasteiger partial charge in [-0.3, -0.25) is 14.4 Å². The largest absolute Gasteiger partial charge is 0.462 e. The molecule has 1 unspecified atom stereocenters. The van der Waals surface area contributed by atoms with Gasteiger partial charge in [-0.15, -0.1) is 0 Å². The van der Waals surface area contributed by atoms with Crippen molar-refractivity contribution in [2.24, 2.45) is 0 Å². The van der Waals surface area contributed by atoms with Crippen molar-refractivity contribution in [3.05, 3.63) is 48.6 Å². The van der Waals surface area contributed by atoms with Crippen molar-refractivity contribution in [2.75, 3.05) is 13.2 Å². The Morgan fingerprint density at radius 1 is 0.323 bits per heavy atom. The Labute approximate surface area is 403 Å². The van der Waals surface area contributed by atoms with Gasteiger partial charge in [0.2, 0.25) is 0 Å². The fourth-order valence-electron chi connectivity index (χ4n) is 8.10. The van der Waals surface area contributed by atoms with E-state index in [9.17, 15) is 14.4 Å². The zero-order valence-corrected chi connectivity index (χ0v) is 43.3. The van der Waals surface area contributed by atoms with Crippen LogP contribution in [0.2, 0.25) is 0 Å². The molecule has 0 N–H and O–H groups in total. The zero-order valence-electron chi connectivity index (χ0n) is 43.3. The Kier molecular flexibility index (Phi) is 51.8. The van der Waals surface area contributed by atoms with Crippen molar-refractivity contribution < 1.29 is 28.6 Å². The molecule has 0 bridgehead atoms. The minimum absolute atomic E-state index is 0.0777. The van der Waals surface area contributed by atoms with Gasteiger partial charge in [0.25, 0.3) is 0 Å². The van der Waals surface area contributed by atoms with E-state index in [2.05, 4.69) is 69.4 Å². The molecule has 0 saturated heterocycles. The van der Waals surface area contributed by atoms with Crippen molar-refractivity contribution in [3.63, 3.8) is 0 Å². The minimum Gasteiger partial charge on any atom is -0.462 e. The van der Waals surface area contributed by atoms with Crippen molar-refractivity contribution in [2.45, 2.75) is 297 Å².